The number of piperidine rings is 1. The van der Waals surface area contributed by atoms with Crippen LogP contribution < -0.4 is 5.32 Å². The summed E-state index contributed by atoms with van der Waals surface area (Å²) < 4.78 is 1.64. The first-order valence-electron chi connectivity index (χ1n) is 7.31. The standard InChI is InChI=1S/C14H24N4O2/c1-3-6-18-7-4-11(5-8-18)15-10-13-12(14(19)20)9-16-17(13)2/h9,11,15H,3-8,10H2,1-2H3,(H,19,20). The molecule has 0 spiro atoms. The number of carbonyl (C=O) groups is 1. The van der Waals surface area contributed by atoms with Gasteiger partial charge in [0, 0.05) is 19.6 Å². The third kappa shape index (κ3) is 3.58. The van der Waals surface area contributed by atoms with Crippen LogP contribution in [0.4, 0.5) is 0 Å². The fraction of sp³-hybridized carbons (Fsp3) is 0.714. The number of nitrogens with zero attached hydrogens (tertiary/aromatic N) is 3. The van der Waals surface area contributed by atoms with E-state index < -0.39 is 5.97 Å². The van der Waals surface area contributed by atoms with Gasteiger partial charge in [-0.25, -0.2) is 4.79 Å². The Morgan fingerprint density at radius 3 is 2.80 bits per heavy atom. The maximum absolute atomic E-state index is 11.1. The van der Waals surface area contributed by atoms with Gasteiger partial charge in [-0.15, -0.1) is 0 Å². The minimum Gasteiger partial charge on any atom is -0.478 e. The van der Waals surface area contributed by atoms with Crippen molar-refractivity contribution in [3.8, 4) is 0 Å². The van der Waals surface area contributed by atoms with Crippen LogP contribution in [-0.4, -0.2) is 51.4 Å². The second kappa shape index (κ2) is 6.85. The molecule has 1 aliphatic rings. The fourth-order valence-corrected chi connectivity index (χ4v) is 2.77. The van der Waals surface area contributed by atoms with Crippen molar-refractivity contribution in [3.05, 3.63) is 17.5 Å². The maximum atomic E-state index is 11.1. The Balaban J connectivity index is 1.85. The molecule has 0 amide bonds. The van der Waals surface area contributed by atoms with Gasteiger partial charge in [-0.1, -0.05) is 6.92 Å². The van der Waals surface area contributed by atoms with Gasteiger partial charge in [-0.2, -0.15) is 5.10 Å². The molecule has 0 saturated carbocycles. The molecular formula is C14H24N4O2. The Bertz CT molecular complexity index is 450. The number of hydrogen-bond donors (Lipinski definition) is 2. The Kier molecular flexibility index (Phi) is 5.14. The number of carboxylic acid groups (broad SMARTS) is 1. The van der Waals surface area contributed by atoms with Crippen LogP contribution in [0.5, 0.6) is 0 Å². The summed E-state index contributed by atoms with van der Waals surface area (Å²) in [6, 6.07) is 0.472. The first-order chi connectivity index (χ1) is 9.61. The van der Waals surface area contributed by atoms with Crippen LogP contribution in [0.1, 0.15) is 42.2 Å². The smallest absolute Gasteiger partial charge is 0.339 e. The molecule has 1 aromatic rings. The summed E-state index contributed by atoms with van der Waals surface area (Å²) in [7, 11) is 1.79. The number of aromatic nitrogens is 2. The van der Waals surface area contributed by atoms with Crippen molar-refractivity contribution in [1.82, 2.24) is 20.0 Å². The van der Waals surface area contributed by atoms with Gasteiger partial charge in [0.25, 0.3) is 0 Å². The van der Waals surface area contributed by atoms with Crippen LogP contribution in [0.15, 0.2) is 6.20 Å². The molecule has 0 aromatic carbocycles. The molecule has 1 aromatic heterocycles. The monoisotopic (exact) mass is 280 g/mol. The lowest BCUT2D eigenvalue weighted by Crippen LogP contribution is -2.42. The lowest BCUT2D eigenvalue weighted by Gasteiger charge is -2.32. The molecule has 1 saturated heterocycles. The second-order valence-electron chi connectivity index (χ2n) is 5.43. The summed E-state index contributed by atoms with van der Waals surface area (Å²) >= 11 is 0. The van der Waals surface area contributed by atoms with Crippen LogP contribution in [-0.2, 0) is 13.6 Å². The highest BCUT2D eigenvalue weighted by atomic mass is 16.4. The van der Waals surface area contributed by atoms with Crippen molar-refractivity contribution in [2.24, 2.45) is 7.05 Å². The van der Waals surface area contributed by atoms with E-state index in [1.807, 2.05) is 0 Å². The largest absolute Gasteiger partial charge is 0.478 e. The van der Waals surface area contributed by atoms with Gasteiger partial charge in [0.1, 0.15) is 5.56 Å². The average Bonchev–Trinajstić information content (AvgIpc) is 2.80. The van der Waals surface area contributed by atoms with Gasteiger partial charge < -0.3 is 15.3 Å². The van der Waals surface area contributed by atoms with E-state index in [-0.39, 0.29) is 0 Å². The van der Waals surface area contributed by atoms with Gasteiger partial charge in [-0.3, -0.25) is 4.68 Å². The van der Waals surface area contributed by atoms with Crippen molar-refractivity contribution >= 4 is 5.97 Å². The van der Waals surface area contributed by atoms with Gasteiger partial charge in [0.15, 0.2) is 0 Å². The second-order valence-corrected chi connectivity index (χ2v) is 5.43. The van der Waals surface area contributed by atoms with Crippen LogP contribution in [0.25, 0.3) is 0 Å². The van der Waals surface area contributed by atoms with E-state index in [2.05, 4.69) is 22.2 Å². The summed E-state index contributed by atoms with van der Waals surface area (Å²) in [4.78, 5) is 13.6. The maximum Gasteiger partial charge on any atom is 0.339 e. The fourth-order valence-electron chi connectivity index (χ4n) is 2.77. The molecule has 6 nitrogen and oxygen atoms in total. The lowest BCUT2D eigenvalue weighted by atomic mass is 10.0. The highest BCUT2D eigenvalue weighted by Crippen LogP contribution is 2.13. The Hall–Kier alpha value is -1.40. The van der Waals surface area contributed by atoms with E-state index in [0.717, 1.165) is 31.6 Å². The minimum absolute atomic E-state index is 0.295. The Morgan fingerprint density at radius 2 is 2.20 bits per heavy atom. The van der Waals surface area contributed by atoms with E-state index in [9.17, 15) is 4.79 Å². The predicted molar refractivity (Wildman–Crippen MR) is 76.8 cm³/mol. The summed E-state index contributed by atoms with van der Waals surface area (Å²) in [5.41, 5.74) is 1.04. The Morgan fingerprint density at radius 1 is 1.50 bits per heavy atom. The summed E-state index contributed by atoms with van der Waals surface area (Å²) in [5.74, 6) is -0.910. The number of nitrogens with one attached hydrogen (secondary N) is 1. The molecule has 20 heavy (non-hydrogen) atoms. The molecular weight excluding hydrogens is 256 g/mol. The number of likely N-dealkylation sites (tertiary alicyclic amines) is 1. The zero-order valence-electron chi connectivity index (χ0n) is 12.3. The van der Waals surface area contributed by atoms with Gasteiger partial charge in [-0.05, 0) is 38.9 Å². The molecule has 0 bridgehead atoms. The average molecular weight is 280 g/mol. The van der Waals surface area contributed by atoms with Crippen LogP contribution in [0, 0.1) is 0 Å². The molecule has 2 heterocycles. The molecule has 0 radical (unpaired) electrons. The van der Waals surface area contributed by atoms with Crippen LogP contribution in [0.3, 0.4) is 0 Å². The predicted octanol–water partition coefficient (Wildman–Crippen LogP) is 1.08. The Labute approximate surface area is 119 Å². The van der Waals surface area contributed by atoms with Gasteiger partial charge >= 0.3 is 5.97 Å². The molecule has 6 heteroatoms. The topological polar surface area (TPSA) is 70.4 Å². The normalized spacial score (nSPS) is 17.5. The molecule has 2 N–H and O–H groups in total. The van der Waals surface area contributed by atoms with Crippen molar-refractivity contribution in [2.75, 3.05) is 19.6 Å². The summed E-state index contributed by atoms with van der Waals surface area (Å²) in [6.07, 6.45) is 4.87. The number of hydrogen-bond acceptors (Lipinski definition) is 4. The quantitative estimate of drug-likeness (QED) is 0.816. The highest BCUT2D eigenvalue weighted by molar-refractivity contribution is 5.88. The highest BCUT2D eigenvalue weighted by Gasteiger charge is 2.20. The first kappa shape index (κ1) is 15.0. The molecule has 0 aliphatic carbocycles. The third-order valence-corrected chi connectivity index (χ3v) is 3.98. The third-order valence-electron chi connectivity index (χ3n) is 3.98. The number of rotatable bonds is 6. The first-order valence-corrected chi connectivity index (χ1v) is 7.31. The molecule has 2 rings (SSSR count). The summed E-state index contributed by atoms with van der Waals surface area (Å²) in [6.45, 7) is 6.21. The number of aryl methyl sites for hydroxylation is 1. The van der Waals surface area contributed by atoms with Crippen LogP contribution >= 0.6 is 0 Å². The zero-order valence-corrected chi connectivity index (χ0v) is 12.3. The van der Waals surface area contributed by atoms with E-state index in [1.165, 1.54) is 19.2 Å². The van der Waals surface area contributed by atoms with Gasteiger partial charge in [0.05, 0.1) is 11.9 Å². The molecule has 1 fully saturated rings. The molecule has 1 aliphatic heterocycles. The van der Waals surface area contributed by atoms with Crippen molar-refractivity contribution < 1.29 is 9.90 Å². The lowest BCUT2D eigenvalue weighted by molar-refractivity contribution is 0.0695. The summed E-state index contributed by atoms with van der Waals surface area (Å²) in [5, 5.41) is 16.6. The van der Waals surface area contributed by atoms with Crippen molar-refractivity contribution in [1.29, 1.82) is 0 Å². The molecule has 0 unspecified atom stereocenters. The van der Waals surface area contributed by atoms with Gasteiger partial charge in [0.2, 0.25) is 0 Å². The molecule has 0 atom stereocenters. The SMILES string of the molecule is CCCN1CCC(NCc2c(C(=O)O)cnn2C)CC1. The van der Waals surface area contributed by atoms with E-state index >= 15 is 0 Å². The zero-order chi connectivity index (χ0) is 14.5. The van der Waals surface area contributed by atoms with E-state index in [4.69, 9.17) is 5.11 Å². The number of aromatic carboxylic acids is 1. The van der Waals surface area contributed by atoms with E-state index in [0.29, 0.717) is 18.2 Å². The molecule has 112 valence electrons. The van der Waals surface area contributed by atoms with E-state index in [1.54, 1.807) is 11.7 Å². The van der Waals surface area contributed by atoms with Crippen molar-refractivity contribution in [2.45, 2.75) is 38.8 Å². The minimum atomic E-state index is -0.910. The van der Waals surface area contributed by atoms with Crippen molar-refractivity contribution in [3.63, 3.8) is 0 Å². The number of carboxylic acids is 1. The van der Waals surface area contributed by atoms with Crippen LogP contribution in [0.2, 0.25) is 0 Å².